The molecule has 18 heavy (non-hydrogen) atoms. The van der Waals surface area contributed by atoms with Crippen LogP contribution in [-0.2, 0) is 12.8 Å². The Bertz CT molecular complexity index is 518. The van der Waals surface area contributed by atoms with Gasteiger partial charge in [0, 0.05) is 23.3 Å². The molecule has 96 valence electrons. The Morgan fingerprint density at radius 3 is 3.00 bits per heavy atom. The second-order valence-electron chi connectivity index (χ2n) is 4.07. The van der Waals surface area contributed by atoms with E-state index in [0.717, 1.165) is 33.4 Å². The maximum atomic E-state index is 10.2. The highest BCUT2D eigenvalue weighted by molar-refractivity contribution is 9.10. The number of halogens is 1. The third-order valence-electron chi connectivity index (χ3n) is 2.57. The highest BCUT2D eigenvalue weighted by Gasteiger charge is 2.17. The molecule has 6 heteroatoms. The number of pyridine rings is 1. The van der Waals surface area contributed by atoms with Gasteiger partial charge < -0.3 is 5.11 Å². The maximum Gasteiger partial charge on any atom is 0.0957 e. The van der Waals surface area contributed by atoms with E-state index in [4.69, 9.17) is 0 Å². The van der Waals surface area contributed by atoms with Crippen molar-refractivity contribution in [3.05, 3.63) is 39.1 Å². The standard InChI is InChI=1S/C12H14BrN3OS/c1-2-3-10-12(18-16-15-10)11(17)5-8-4-9(13)7-14-6-8/h4,6-7,11,17H,2-3,5H2,1H3. The second-order valence-corrected chi connectivity index (χ2v) is 5.77. The number of aliphatic hydroxyl groups excluding tert-OH is 1. The Morgan fingerprint density at radius 1 is 1.44 bits per heavy atom. The van der Waals surface area contributed by atoms with Gasteiger partial charge >= 0.3 is 0 Å². The van der Waals surface area contributed by atoms with E-state index >= 15 is 0 Å². The van der Waals surface area contributed by atoms with Gasteiger partial charge in [-0.25, -0.2) is 0 Å². The molecule has 0 radical (unpaired) electrons. The summed E-state index contributed by atoms with van der Waals surface area (Å²) in [5.74, 6) is 0. The van der Waals surface area contributed by atoms with Crippen molar-refractivity contribution in [2.75, 3.05) is 0 Å². The molecule has 1 atom stereocenters. The summed E-state index contributed by atoms with van der Waals surface area (Å²) in [5.41, 5.74) is 1.91. The SMILES string of the molecule is CCCc1nnsc1C(O)Cc1cncc(Br)c1. The van der Waals surface area contributed by atoms with Gasteiger partial charge in [-0.2, -0.15) is 0 Å². The third kappa shape index (κ3) is 3.34. The number of rotatable bonds is 5. The summed E-state index contributed by atoms with van der Waals surface area (Å²) in [6.07, 6.45) is 5.34. The molecular formula is C12H14BrN3OS. The summed E-state index contributed by atoms with van der Waals surface area (Å²) < 4.78 is 4.85. The van der Waals surface area contributed by atoms with Crippen LogP contribution in [0.2, 0.25) is 0 Å². The molecule has 0 aliphatic rings. The molecule has 0 aromatic carbocycles. The largest absolute Gasteiger partial charge is 0.387 e. The molecular weight excluding hydrogens is 314 g/mol. The van der Waals surface area contributed by atoms with Crippen LogP contribution in [-0.4, -0.2) is 19.7 Å². The third-order valence-corrected chi connectivity index (χ3v) is 3.87. The monoisotopic (exact) mass is 327 g/mol. The molecule has 0 aliphatic carbocycles. The van der Waals surface area contributed by atoms with Crippen molar-refractivity contribution in [1.82, 2.24) is 14.6 Å². The highest BCUT2D eigenvalue weighted by Crippen LogP contribution is 2.25. The van der Waals surface area contributed by atoms with E-state index in [-0.39, 0.29) is 0 Å². The molecule has 0 saturated heterocycles. The summed E-state index contributed by atoms with van der Waals surface area (Å²) in [7, 11) is 0. The lowest BCUT2D eigenvalue weighted by Crippen LogP contribution is -2.03. The fourth-order valence-corrected chi connectivity index (χ4v) is 2.86. The average molecular weight is 328 g/mol. The maximum absolute atomic E-state index is 10.2. The van der Waals surface area contributed by atoms with Crippen molar-refractivity contribution >= 4 is 27.5 Å². The highest BCUT2D eigenvalue weighted by atomic mass is 79.9. The molecule has 0 spiro atoms. The molecule has 0 saturated carbocycles. The Balaban J connectivity index is 2.11. The second kappa shape index (κ2) is 6.36. The number of nitrogens with zero attached hydrogens (tertiary/aromatic N) is 3. The Labute approximate surface area is 118 Å². The van der Waals surface area contributed by atoms with Crippen LogP contribution in [0.25, 0.3) is 0 Å². The van der Waals surface area contributed by atoms with E-state index in [1.165, 1.54) is 11.5 Å². The van der Waals surface area contributed by atoms with Crippen LogP contribution < -0.4 is 0 Å². The molecule has 0 fully saturated rings. The van der Waals surface area contributed by atoms with E-state index in [1.807, 2.05) is 6.07 Å². The van der Waals surface area contributed by atoms with Crippen LogP contribution in [0.1, 0.15) is 35.6 Å². The van der Waals surface area contributed by atoms with Gasteiger partial charge in [0.25, 0.3) is 0 Å². The van der Waals surface area contributed by atoms with Crippen LogP contribution in [0.5, 0.6) is 0 Å². The smallest absolute Gasteiger partial charge is 0.0957 e. The van der Waals surface area contributed by atoms with Crippen LogP contribution >= 0.6 is 27.5 Å². The Kier molecular flexibility index (Phi) is 4.79. The van der Waals surface area contributed by atoms with E-state index in [9.17, 15) is 5.11 Å². The normalized spacial score (nSPS) is 12.6. The topological polar surface area (TPSA) is 58.9 Å². The van der Waals surface area contributed by atoms with Crippen molar-refractivity contribution in [2.24, 2.45) is 0 Å². The zero-order valence-electron chi connectivity index (χ0n) is 10.0. The summed E-state index contributed by atoms with van der Waals surface area (Å²) >= 11 is 4.65. The van der Waals surface area contributed by atoms with Gasteiger partial charge in [-0.05, 0) is 45.5 Å². The van der Waals surface area contributed by atoms with Crippen molar-refractivity contribution in [2.45, 2.75) is 32.3 Å². The number of aliphatic hydroxyl groups is 1. The molecule has 2 aromatic rings. The van der Waals surface area contributed by atoms with Gasteiger partial charge in [-0.1, -0.05) is 17.8 Å². The van der Waals surface area contributed by atoms with E-state index in [0.29, 0.717) is 6.42 Å². The van der Waals surface area contributed by atoms with Gasteiger partial charge in [0.2, 0.25) is 0 Å². The lowest BCUT2D eigenvalue weighted by Gasteiger charge is -2.09. The predicted molar refractivity (Wildman–Crippen MR) is 74.5 cm³/mol. The summed E-state index contributed by atoms with van der Waals surface area (Å²) in [6.45, 7) is 2.09. The molecule has 4 nitrogen and oxygen atoms in total. The minimum Gasteiger partial charge on any atom is -0.387 e. The van der Waals surface area contributed by atoms with Gasteiger partial charge in [0.15, 0.2) is 0 Å². The van der Waals surface area contributed by atoms with Crippen molar-refractivity contribution in [1.29, 1.82) is 0 Å². The molecule has 2 rings (SSSR count). The molecule has 2 heterocycles. The lowest BCUT2D eigenvalue weighted by atomic mass is 10.1. The zero-order chi connectivity index (χ0) is 13.0. The van der Waals surface area contributed by atoms with Gasteiger partial charge in [0.1, 0.15) is 0 Å². The summed E-state index contributed by atoms with van der Waals surface area (Å²) in [5, 5.41) is 14.3. The van der Waals surface area contributed by atoms with Crippen molar-refractivity contribution in [3.8, 4) is 0 Å². The minimum absolute atomic E-state index is 0.535. The van der Waals surface area contributed by atoms with Crippen molar-refractivity contribution in [3.63, 3.8) is 0 Å². The number of aryl methyl sites for hydroxylation is 1. The molecule has 1 unspecified atom stereocenters. The summed E-state index contributed by atoms with van der Waals surface area (Å²) in [6, 6.07) is 1.96. The zero-order valence-corrected chi connectivity index (χ0v) is 12.4. The van der Waals surface area contributed by atoms with E-state index in [1.54, 1.807) is 12.4 Å². The summed E-state index contributed by atoms with van der Waals surface area (Å²) in [4.78, 5) is 4.96. The molecule has 0 bridgehead atoms. The first kappa shape index (κ1) is 13.6. The fourth-order valence-electron chi connectivity index (χ4n) is 1.76. The average Bonchev–Trinajstić information content (AvgIpc) is 2.78. The van der Waals surface area contributed by atoms with Crippen molar-refractivity contribution < 1.29 is 5.11 Å². The molecule has 1 N–H and O–H groups in total. The Hall–Kier alpha value is -0.850. The lowest BCUT2D eigenvalue weighted by molar-refractivity contribution is 0.181. The van der Waals surface area contributed by atoms with Crippen LogP contribution in [0.3, 0.4) is 0 Å². The molecule has 0 amide bonds. The first-order chi connectivity index (χ1) is 8.70. The number of hydrogen-bond donors (Lipinski definition) is 1. The number of aromatic nitrogens is 3. The first-order valence-electron chi connectivity index (χ1n) is 5.79. The molecule has 0 aliphatic heterocycles. The van der Waals surface area contributed by atoms with Crippen LogP contribution in [0.4, 0.5) is 0 Å². The van der Waals surface area contributed by atoms with E-state index < -0.39 is 6.10 Å². The fraction of sp³-hybridized carbons (Fsp3) is 0.417. The first-order valence-corrected chi connectivity index (χ1v) is 7.36. The van der Waals surface area contributed by atoms with Crippen LogP contribution in [0, 0.1) is 0 Å². The quantitative estimate of drug-likeness (QED) is 0.917. The Morgan fingerprint density at radius 2 is 2.28 bits per heavy atom. The predicted octanol–water partition coefficient (Wildman–Crippen LogP) is 2.92. The van der Waals surface area contributed by atoms with Gasteiger partial charge in [-0.3, -0.25) is 4.98 Å². The van der Waals surface area contributed by atoms with Gasteiger partial charge in [-0.15, -0.1) is 5.10 Å². The minimum atomic E-state index is -0.553. The molecule has 2 aromatic heterocycles. The van der Waals surface area contributed by atoms with Gasteiger partial charge in [0.05, 0.1) is 16.7 Å². The van der Waals surface area contributed by atoms with E-state index in [2.05, 4.69) is 37.4 Å². The number of hydrogen-bond acceptors (Lipinski definition) is 5. The van der Waals surface area contributed by atoms with Crippen LogP contribution in [0.15, 0.2) is 22.9 Å².